The van der Waals surface area contributed by atoms with E-state index in [0.29, 0.717) is 16.4 Å². The van der Waals surface area contributed by atoms with Crippen LogP contribution >= 0.6 is 23.5 Å². The number of benzene rings is 1. The fourth-order valence-electron chi connectivity index (χ4n) is 2.85. The molecular formula is C26H40ClNO2S2. The van der Waals surface area contributed by atoms with E-state index < -0.39 is 10.0 Å². The van der Waals surface area contributed by atoms with Gasteiger partial charge in [0.25, 0.3) is 0 Å². The number of halogens is 1. The third-order valence-electron chi connectivity index (χ3n) is 4.51. The number of nitrogens with zero attached hydrogens (tertiary/aromatic N) is 1. The molecule has 0 bridgehead atoms. The lowest BCUT2D eigenvalue weighted by Crippen LogP contribution is -2.26. The van der Waals surface area contributed by atoms with Crippen LogP contribution in [-0.2, 0) is 10.0 Å². The first-order valence-corrected chi connectivity index (χ1v) is 13.5. The van der Waals surface area contributed by atoms with E-state index in [0.717, 1.165) is 29.5 Å². The molecule has 0 aliphatic rings. The van der Waals surface area contributed by atoms with Gasteiger partial charge in [0.15, 0.2) is 0 Å². The SMILES string of the molecule is C=C/C=C\C(=C/C=C)C(CC(C)(C)C)C(C)(C)C.CN(Sc1ccc(Cl)cc1)S(C)(=O)=O. The summed E-state index contributed by atoms with van der Waals surface area (Å²) in [7, 11) is -1.64. The van der Waals surface area contributed by atoms with E-state index in [1.54, 1.807) is 24.3 Å². The second kappa shape index (κ2) is 13.4. The zero-order chi connectivity index (χ0) is 25.2. The van der Waals surface area contributed by atoms with Gasteiger partial charge in [-0.15, -0.1) is 3.71 Å². The van der Waals surface area contributed by atoms with Crippen LogP contribution in [0.2, 0.25) is 5.02 Å². The minimum absolute atomic E-state index is 0.244. The summed E-state index contributed by atoms with van der Waals surface area (Å²) in [6, 6.07) is 6.99. The summed E-state index contributed by atoms with van der Waals surface area (Å²) in [6.45, 7) is 21.4. The maximum Gasteiger partial charge on any atom is 0.220 e. The average Bonchev–Trinajstić information content (AvgIpc) is 2.63. The minimum Gasteiger partial charge on any atom is -0.212 e. The van der Waals surface area contributed by atoms with Gasteiger partial charge in [-0.2, -0.15) is 0 Å². The first kappa shape index (κ1) is 30.7. The summed E-state index contributed by atoms with van der Waals surface area (Å²) in [4.78, 5) is 0.835. The van der Waals surface area contributed by atoms with E-state index in [1.165, 1.54) is 16.3 Å². The van der Waals surface area contributed by atoms with Crippen LogP contribution in [-0.4, -0.2) is 25.4 Å². The van der Waals surface area contributed by atoms with Gasteiger partial charge in [-0.3, -0.25) is 0 Å². The molecule has 0 aliphatic heterocycles. The fourth-order valence-corrected chi connectivity index (χ4v) is 4.33. The molecule has 0 fully saturated rings. The lowest BCUT2D eigenvalue weighted by molar-refractivity contribution is 0.199. The summed E-state index contributed by atoms with van der Waals surface area (Å²) in [5.41, 5.74) is 1.90. The zero-order valence-electron chi connectivity index (χ0n) is 20.9. The summed E-state index contributed by atoms with van der Waals surface area (Å²) in [5, 5.41) is 0.636. The van der Waals surface area contributed by atoms with Crippen molar-refractivity contribution in [2.24, 2.45) is 16.7 Å². The highest BCUT2D eigenvalue weighted by Crippen LogP contribution is 2.41. The number of hydrogen-bond donors (Lipinski definition) is 0. The summed E-state index contributed by atoms with van der Waals surface area (Å²) >= 11 is 6.84. The Morgan fingerprint density at radius 1 is 1.09 bits per heavy atom. The molecule has 1 atom stereocenters. The Labute approximate surface area is 206 Å². The van der Waals surface area contributed by atoms with Crippen molar-refractivity contribution in [1.29, 1.82) is 0 Å². The molecule has 180 valence electrons. The van der Waals surface area contributed by atoms with Crippen LogP contribution in [0.5, 0.6) is 0 Å². The molecule has 1 aromatic rings. The molecule has 32 heavy (non-hydrogen) atoms. The summed E-state index contributed by atoms with van der Waals surface area (Å²) in [5.74, 6) is 0.520. The monoisotopic (exact) mass is 497 g/mol. The van der Waals surface area contributed by atoms with E-state index >= 15 is 0 Å². The lowest BCUT2D eigenvalue weighted by atomic mass is 9.68. The molecule has 0 aromatic heterocycles. The van der Waals surface area contributed by atoms with Crippen LogP contribution < -0.4 is 0 Å². The van der Waals surface area contributed by atoms with Crippen LogP contribution in [0.1, 0.15) is 48.0 Å². The molecule has 0 spiro atoms. The van der Waals surface area contributed by atoms with Crippen LogP contribution in [0.15, 0.2) is 78.3 Å². The molecular weight excluding hydrogens is 458 g/mol. The standard InChI is InChI=1S/C18H30.C8H10ClNO2S2/c1-9-11-13-15(12-10-2)16(18(6,7)8)14-17(3,4)5;1-10(14(2,11)12)13-8-5-3-7(9)4-6-8/h9-13,16H,1-2,14H2,3-8H3;3-6H,1-2H3/b13-11-,15-12+;. The van der Waals surface area contributed by atoms with E-state index in [9.17, 15) is 8.42 Å². The number of sulfonamides is 1. The highest BCUT2D eigenvalue weighted by Gasteiger charge is 2.30. The highest BCUT2D eigenvalue weighted by molar-refractivity contribution is 8.08. The van der Waals surface area contributed by atoms with Crippen LogP contribution in [0, 0.1) is 16.7 Å². The Hall–Kier alpha value is -1.27. The maximum absolute atomic E-state index is 11.1. The lowest BCUT2D eigenvalue weighted by Gasteiger charge is -2.36. The third kappa shape index (κ3) is 13.3. The Morgan fingerprint density at radius 3 is 2.00 bits per heavy atom. The van der Waals surface area contributed by atoms with Gasteiger partial charge in [-0.05, 0) is 65.0 Å². The average molecular weight is 498 g/mol. The van der Waals surface area contributed by atoms with Crippen molar-refractivity contribution in [2.75, 3.05) is 13.3 Å². The quantitative estimate of drug-likeness (QED) is 0.268. The first-order valence-electron chi connectivity index (χ1n) is 10.5. The Morgan fingerprint density at radius 2 is 1.62 bits per heavy atom. The van der Waals surface area contributed by atoms with Crippen molar-refractivity contribution in [3.63, 3.8) is 0 Å². The number of allylic oxidation sites excluding steroid dienone is 6. The van der Waals surface area contributed by atoms with Crippen LogP contribution in [0.4, 0.5) is 0 Å². The van der Waals surface area contributed by atoms with Gasteiger partial charge in [0.1, 0.15) is 0 Å². The molecule has 0 heterocycles. The van der Waals surface area contributed by atoms with Gasteiger partial charge in [0, 0.05) is 17.0 Å². The van der Waals surface area contributed by atoms with Gasteiger partial charge in [-0.1, -0.05) is 96.7 Å². The van der Waals surface area contributed by atoms with Crippen molar-refractivity contribution < 1.29 is 8.42 Å². The maximum atomic E-state index is 11.1. The molecule has 0 aliphatic carbocycles. The minimum atomic E-state index is -3.15. The highest BCUT2D eigenvalue weighted by atomic mass is 35.5. The molecule has 1 rings (SSSR count). The molecule has 1 unspecified atom stereocenters. The molecule has 1 aromatic carbocycles. The third-order valence-corrected chi connectivity index (χ3v) is 7.48. The largest absolute Gasteiger partial charge is 0.220 e. The predicted molar refractivity (Wildman–Crippen MR) is 145 cm³/mol. The second-order valence-electron chi connectivity index (χ2n) is 9.90. The zero-order valence-corrected chi connectivity index (χ0v) is 23.2. The van der Waals surface area contributed by atoms with Gasteiger partial charge < -0.3 is 0 Å². The van der Waals surface area contributed by atoms with Crippen molar-refractivity contribution >= 4 is 33.6 Å². The number of hydrogen-bond acceptors (Lipinski definition) is 3. The molecule has 0 N–H and O–H groups in total. The van der Waals surface area contributed by atoms with Gasteiger partial charge in [0.2, 0.25) is 10.0 Å². The molecule has 6 heteroatoms. The summed E-state index contributed by atoms with van der Waals surface area (Å²) < 4.78 is 23.4. The van der Waals surface area contributed by atoms with E-state index in [2.05, 4.69) is 66.9 Å². The van der Waals surface area contributed by atoms with Crippen LogP contribution in [0.25, 0.3) is 0 Å². The smallest absolute Gasteiger partial charge is 0.212 e. The fraction of sp³-hybridized carbons (Fsp3) is 0.462. The second-order valence-corrected chi connectivity index (χ2v) is 13.8. The molecule has 0 radical (unpaired) electrons. The summed E-state index contributed by atoms with van der Waals surface area (Å²) in [6.07, 6.45) is 12.3. The Kier molecular flexibility index (Phi) is 12.9. The molecule has 0 saturated heterocycles. The molecule has 0 amide bonds. The van der Waals surface area contributed by atoms with E-state index in [-0.39, 0.29) is 5.41 Å². The Balaban J connectivity index is 0.000000618. The van der Waals surface area contributed by atoms with Crippen molar-refractivity contribution in [3.8, 4) is 0 Å². The van der Waals surface area contributed by atoms with Crippen molar-refractivity contribution in [1.82, 2.24) is 3.71 Å². The van der Waals surface area contributed by atoms with Gasteiger partial charge >= 0.3 is 0 Å². The van der Waals surface area contributed by atoms with Crippen molar-refractivity contribution in [2.45, 2.75) is 52.9 Å². The molecule has 0 saturated carbocycles. The predicted octanol–water partition coefficient (Wildman–Crippen LogP) is 8.18. The molecule has 3 nitrogen and oxygen atoms in total. The normalized spacial score (nSPS) is 14.1. The van der Waals surface area contributed by atoms with Gasteiger partial charge in [0.05, 0.1) is 6.26 Å². The number of rotatable bonds is 8. The topological polar surface area (TPSA) is 37.4 Å². The van der Waals surface area contributed by atoms with Gasteiger partial charge in [-0.25, -0.2) is 8.42 Å². The van der Waals surface area contributed by atoms with E-state index in [1.807, 2.05) is 18.2 Å². The Bertz CT molecular complexity index is 887. The van der Waals surface area contributed by atoms with Crippen LogP contribution in [0.3, 0.4) is 0 Å². The van der Waals surface area contributed by atoms with Crippen molar-refractivity contribution in [3.05, 3.63) is 78.4 Å². The van der Waals surface area contributed by atoms with E-state index in [4.69, 9.17) is 11.6 Å². The first-order chi connectivity index (χ1) is 14.5.